The van der Waals surface area contributed by atoms with Gasteiger partial charge in [-0.25, -0.2) is 4.79 Å². The van der Waals surface area contributed by atoms with E-state index < -0.39 is 12.0 Å². The monoisotopic (exact) mass is 254 g/mol. The lowest BCUT2D eigenvalue weighted by Gasteiger charge is -2.31. The van der Waals surface area contributed by atoms with Crippen LogP contribution in [0.4, 0.5) is 0 Å². The number of hydrogen-bond donors (Lipinski definition) is 2. The normalized spacial score (nSPS) is 25.3. The zero-order chi connectivity index (χ0) is 13.0. The second-order valence-electron chi connectivity index (χ2n) is 5.30. The molecule has 0 radical (unpaired) electrons. The lowest BCUT2D eigenvalue weighted by molar-refractivity contribution is -0.150. The SMILES string of the molecule is O=C(O)C1CCCCCCN1C(=O)CNC1CC1. The first-order valence-electron chi connectivity index (χ1n) is 6.94. The highest BCUT2D eigenvalue weighted by atomic mass is 16.4. The Hall–Kier alpha value is -1.10. The number of rotatable bonds is 4. The van der Waals surface area contributed by atoms with Gasteiger partial charge in [-0.3, -0.25) is 4.79 Å². The fraction of sp³-hybridized carbons (Fsp3) is 0.846. The standard InChI is InChI=1S/C13H22N2O3/c16-12(9-14-10-6-7-10)15-8-4-2-1-3-5-11(15)13(17)18/h10-11,14H,1-9H2,(H,17,18). The molecule has 5 nitrogen and oxygen atoms in total. The molecule has 0 aromatic rings. The topological polar surface area (TPSA) is 69.6 Å². The van der Waals surface area contributed by atoms with Gasteiger partial charge in [0.05, 0.1) is 6.54 Å². The van der Waals surface area contributed by atoms with Crippen LogP contribution in [0.2, 0.25) is 0 Å². The third-order valence-electron chi connectivity index (χ3n) is 3.73. The Morgan fingerprint density at radius 1 is 1.11 bits per heavy atom. The van der Waals surface area contributed by atoms with Crippen LogP contribution in [0, 0.1) is 0 Å². The highest BCUT2D eigenvalue weighted by molar-refractivity contribution is 5.84. The van der Waals surface area contributed by atoms with Crippen molar-refractivity contribution in [1.82, 2.24) is 10.2 Å². The number of carbonyl (C=O) groups is 2. The van der Waals surface area contributed by atoms with E-state index in [1.54, 1.807) is 4.90 Å². The largest absolute Gasteiger partial charge is 0.480 e. The Balaban J connectivity index is 1.93. The average Bonchev–Trinajstić information content (AvgIpc) is 3.08. The minimum absolute atomic E-state index is 0.0591. The molecule has 0 aromatic heterocycles. The van der Waals surface area contributed by atoms with Gasteiger partial charge in [0.25, 0.3) is 0 Å². The van der Waals surface area contributed by atoms with Crippen LogP contribution in [0.15, 0.2) is 0 Å². The van der Waals surface area contributed by atoms with E-state index in [0.29, 0.717) is 19.0 Å². The molecule has 2 fully saturated rings. The summed E-state index contributed by atoms with van der Waals surface area (Å²) in [5.41, 5.74) is 0. The highest BCUT2D eigenvalue weighted by Gasteiger charge is 2.30. The van der Waals surface area contributed by atoms with Crippen LogP contribution in [-0.4, -0.2) is 47.1 Å². The quantitative estimate of drug-likeness (QED) is 0.785. The molecule has 1 saturated carbocycles. The Morgan fingerprint density at radius 3 is 2.50 bits per heavy atom. The van der Waals surface area contributed by atoms with Gasteiger partial charge in [-0.2, -0.15) is 0 Å². The first kappa shape index (κ1) is 13.3. The maximum absolute atomic E-state index is 12.1. The summed E-state index contributed by atoms with van der Waals surface area (Å²) < 4.78 is 0. The molecule has 1 saturated heterocycles. The van der Waals surface area contributed by atoms with Crippen molar-refractivity contribution in [1.29, 1.82) is 0 Å². The van der Waals surface area contributed by atoms with Gasteiger partial charge in [-0.1, -0.05) is 19.3 Å². The summed E-state index contributed by atoms with van der Waals surface area (Å²) in [6.07, 6.45) is 6.84. The number of carbonyl (C=O) groups excluding carboxylic acids is 1. The van der Waals surface area contributed by atoms with Crippen LogP contribution in [-0.2, 0) is 9.59 Å². The summed E-state index contributed by atoms with van der Waals surface area (Å²) in [6.45, 7) is 0.872. The van der Waals surface area contributed by atoms with Gasteiger partial charge in [0.2, 0.25) is 5.91 Å². The van der Waals surface area contributed by atoms with Crippen LogP contribution < -0.4 is 5.32 Å². The summed E-state index contributed by atoms with van der Waals surface area (Å²) >= 11 is 0. The van der Waals surface area contributed by atoms with Gasteiger partial charge in [0, 0.05) is 12.6 Å². The molecule has 1 atom stereocenters. The lowest BCUT2D eigenvalue weighted by atomic mass is 10.0. The number of hydrogen-bond acceptors (Lipinski definition) is 3. The predicted octanol–water partition coefficient (Wildman–Crippen LogP) is 0.984. The minimum atomic E-state index is -0.864. The molecule has 2 rings (SSSR count). The summed E-state index contributed by atoms with van der Waals surface area (Å²) in [5.74, 6) is -0.923. The van der Waals surface area contributed by atoms with E-state index in [1.807, 2.05) is 0 Å². The Kier molecular flexibility index (Phi) is 4.58. The third kappa shape index (κ3) is 3.70. The maximum atomic E-state index is 12.1. The van der Waals surface area contributed by atoms with Crippen molar-refractivity contribution in [2.24, 2.45) is 0 Å². The number of carboxylic acid groups (broad SMARTS) is 1. The Bertz CT molecular complexity index is 315. The predicted molar refractivity (Wildman–Crippen MR) is 67.2 cm³/mol. The maximum Gasteiger partial charge on any atom is 0.326 e. The van der Waals surface area contributed by atoms with E-state index in [0.717, 1.165) is 38.5 Å². The van der Waals surface area contributed by atoms with Gasteiger partial charge in [-0.15, -0.1) is 0 Å². The number of nitrogens with zero attached hydrogens (tertiary/aromatic N) is 1. The molecule has 0 aromatic carbocycles. The van der Waals surface area contributed by atoms with E-state index in [1.165, 1.54) is 0 Å². The molecule has 1 unspecified atom stereocenters. The van der Waals surface area contributed by atoms with Gasteiger partial charge >= 0.3 is 5.97 Å². The first-order valence-corrected chi connectivity index (χ1v) is 6.94. The van der Waals surface area contributed by atoms with Crippen LogP contribution in [0.1, 0.15) is 44.9 Å². The Labute approximate surface area is 108 Å². The van der Waals surface area contributed by atoms with Gasteiger partial charge in [0.1, 0.15) is 6.04 Å². The summed E-state index contributed by atoms with van der Waals surface area (Å²) in [4.78, 5) is 24.9. The molecule has 5 heteroatoms. The molecule has 0 bridgehead atoms. The van der Waals surface area contributed by atoms with E-state index in [4.69, 9.17) is 0 Å². The fourth-order valence-corrected chi connectivity index (χ4v) is 2.46. The molecule has 1 aliphatic carbocycles. The molecule has 18 heavy (non-hydrogen) atoms. The average molecular weight is 254 g/mol. The number of carboxylic acids is 1. The van der Waals surface area contributed by atoms with E-state index >= 15 is 0 Å². The van der Waals surface area contributed by atoms with Crippen LogP contribution >= 0.6 is 0 Å². The smallest absolute Gasteiger partial charge is 0.326 e. The van der Waals surface area contributed by atoms with Crippen molar-refractivity contribution in [3.8, 4) is 0 Å². The third-order valence-corrected chi connectivity index (χ3v) is 3.73. The zero-order valence-corrected chi connectivity index (χ0v) is 10.7. The van der Waals surface area contributed by atoms with E-state index in [9.17, 15) is 14.7 Å². The minimum Gasteiger partial charge on any atom is -0.480 e. The number of amides is 1. The van der Waals surface area contributed by atoms with Crippen LogP contribution in [0.25, 0.3) is 0 Å². The van der Waals surface area contributed by atoms with Gasteiger partial charge in [0.15, 0.2) is 0 Å². The van der Waals surface area contributed by atoms with Crippen LogP contribution in [0.5, 0.6) is 0 Å². The van der Waals surface area contributed by atoms with E-state index in [-0.39, 0.29) is 12.5 Å². The van der Waals surface area contributed by atoms with Crippen molar-refractivity contribution >= 4 is 11.9 Å². The molecular weight excluding hydrogens is 232 g/mol. The van der Waals surface area contributed by atoms with E-state index in [2.05, 4.69) is 5.32 Å². The van der Waals surface area contributed by atoms with Crippen molar-refractivity contribution in [3.63, 3.8) is 0 Å². The summed E-state index contributed by atoms with van der Waals surface area (Å²) in [5, 5.41) is 12.4. The zero-order valence-electron chi connectivity index (χ0n) is 10.7. The molecule has 2 aliphatic rings. The molecule has 1 heterocycles. The Morgan fingerprint density at radius 2 is 1.83 bits per heavy atom. The molecule has 1 aliphatic heterocycles. The van der Waals surface area contributed by atoms with Crippen molar-refractivity contribution in [2.45, 2.75) is 57.0 Å². The first-order chi connectivity index (χ1) is 8.68. The number of nitrogens with one attached hydrogen (secondary N) is 1. The fourth-order valence-electron chi connectivity index (χ4n) is 2.46. The van der Waals surface area contributed by atoms with Crippen LogP contribution in [0.3, 0.4) is 0 Å². The molecular formula is C13H22N2O3. The molecule has 102 valence electrons. The van der Waals surface area contributed by atoms with Crippen molar-refractivity contribution < 1.29 is 14.7 Å². The van der Waals surface area contributed by atoms with Crippen molar-refractivity contribution in [2.75, 3.05) is 13.1 Å². The molecule has 2 N–H and O–H groups in total. The lowest BCUT2D eigenvalue weighted by Crippen LogP contribution is -2.49. The van der Waals surface area contributed by atoms with Gasteiger partial charge < -0.3 is 15.3 Å². The second kappa shape index (κ2) is 6.18. The molecule has 0 spiro atoms. The summed E-state index contributed by atoms with van der Waals surface area (Å²) in [6, 6.07) is -0.147. The highest BCUT2D eigenvalue weighted by Crippen LogP contribution is 2.19. The number of aliphatic carboxylic acids is 1. The van der Waals surface area contributed by atoms with Gasteiger partial charge in [-0.05, 0) is 25.7 Å². The summed E-state index contributed by atoms with van der Waals surface area (Å²) in [7, 11) is 0. The molecule has 1 amide bonds. The van der Waals surface area contributed by atoms with Crippen molar-refractivity contribution in [3.05, 3.63) is 0 Å². The number of likely N-dealkylation sites (tertiary alicyclic amines) is 1. The second-order valence-corrected chi connectivity index (χ2v) is 5.30.